The Balaban J connectivity index is 2.49. The number of amides is 2. The van der Waals surface area contributed by atoms with Crippen molar-refractivity contribution in [2.75, 3.05) is 26.8 Å². The molecule has 0 aromatic rings. The number of nitrogens with one attached hydrogen (secondary N) is 1. The maximum Gasteiger partial charge on any atom is 0.245 e. The quantitative estimate of drug-likeness (QED) is 0.689. The van der Waals surface area contributed by atoms with Crippen LogP contribution in [-0.4, -0.2) is 49.6 Å². The molecule has 1 saturated heterocycles. The second kappa shape index (κ2) is 8.08. The van der Waals surface area contributed by atoms with E-state index in [4.69, 9.17) is 4.74 Å². The molecular formula is C13H24N2O3. The van der Waals surface area contributed by atoms with Gasteiger partial charge >= 0.3 is 0 Å². The standard InChI is InChI=1S/C13H24N2O3/c1-3-6-11-13(17)15(8-4-5-10-18-2)9-7-12(16)14-11/h11H,3-10H2,1-2H3,(H,14,16). The first-order chi connectivity index (χ1) is 8.69. The molecule has 0 aromatic heterocycles. The Labute approximate surface area is 109 Å². The Morgan fingerprint density at radius 3 is 2.83 bits per heavy atom. The third-order valence-corrected chi connectivity index (χ3v) is 3.16. The molecule has 18 heavy (non-hydrogen) atoms. The van der Waals surface area contributed by atoms with E-state index in [-0.39, 0.29) is 17.9 Å². The summed E-state index contributed by atoms with van der Waals surface area (Å²) in [5, 5.41) is 2.81. The molecule has 2 amide bonds. The Morgan fingerprint density at radius 2 is 2.17 bits per heavy atom. The molecule has 0 bridgehead atoms. The van der Waals surface area contributed by atoms with Gasteiger partial charge in [0.25, 0.3) is 0 Å². The molecule has 1 rings (SSSR count). The first-order valence-electron chi connectivity index (χ1n) is 6.76. The van der Waals surface area contributed by atoms with Crippen molar-refractivity contribution in [3.8, 4) is 0 Å². The minimum Gasteiger partial charge on any atom is -0.385 e. The highest BCUT2D eigenvalue weighted by Gasteiger charge is 2.28. The highest BCUT2D eigenvalue weighted by atomic mass is 16.5. The fourth-order valence-corrected chi connectivity index (χ4v) is 2.15. The van der Waals surface area contributed by atoms with Gasteiger partial charge in [-0.3, -0.25) is 9.59 Å². The van der Waals surface area contributed by atoms with Crippen molar-refractivity contribution in [1.29, 1.82) is 0 Å². The van der Waals surface area contributed by atoms with Crippen LogP contribution in [0.5, 0.6) is 0 Å². The Morgan fingerprint density at radius 1 is 1.39 bits per heavy atom. The van der Waals surface area contributed by atoms with Crippen LogP contribution in [0.3, 0.4) is 0 Å². The van der Waals surface area contributed by atoms with Crippen LogP contribution in [0.25, 0.3) is 0 Å². The van der Waals surface area contributed by atoms with Crippen molar-refractivity contribution in [2.24, 2.45) is 0 Å². The average molecular weight is 256 g/mol. The summed E-state index contributed by atoms with van der Waals surface area (Å²) in [7, 11) is 1.68. The molecule has 0 aromatic carbocycles. The monoisotopic (exact) mass is 256 g/mol. The second-order valence-corrected chi connectivity index (χ2v) is 4.68. The molecule has 104 valence electrons. The first-order valence-corrected chi connectivity index (χ1v) is 6.76. The molecule has 5 nitrogen and oxygen atoms in total. The molecule has 1 N–H and O–H groups in total. The lowest BCUT2D eigenvalue weighted by atomic mass is 10.1. The van der Waals surface area contributed by atoms with E-state index in [1.807, 2.05) is 11.8 Å². The molecule has 1 fully saturated rings. The fraction of sp³-hybridized carbons (Fsp3) is 0.846. The zero-order valence-electron chi connectivity index (χ0n) is 11.4. The van der Waals surface area contributed by atoms with Gasteiger partial charge in [-0.15, -0.1) is 0 Å². The molecule has 1 atom stereocenters. The molecule has 1 aliphatic rings. The molecule has 5 heteroatoms. The predicted octanol–water partition coefficient (Wildman–Crippen LogP) is 0.930. The summed E-state index contributed by atoms with van der Waals surface area (Å²) in [6.45, 7) is 4.00. The third kappa shape index (κ3) is 4.64. The highest BCUT2D eigenvalue weighted by molar-refractivity contribution is 5.89. The number of rotatable bonds is 7. The summed E-state index contributed by atoms with van der Waals surface area (Å²) in [5.74, 6) is 0.0568. The van der Waals surface area contributed by atoms with Gasteiger partial charge in [0, 0.05) is 33.2 Å². The van der Waals surface area contributed by atoms with Crippen molar-refractivity contribution in [2.45, 2.75) is 45.1 Å². The summed E-state index contributed by atoms with van der Waals surface area (Å²) in [6, 6.07) is -0.326. The smallest absolute Gasteiger partial charge is 0.245 e. The normalized spacial score (nSPS) is 20.8. The van der Waals surface area contributed by atoms with Crippen LogP contribution >= 0.6 is 0 Å². The van der Waals surface area contributed by atoms with Gasteiger partial charge in [-0.25, -0.2) is 0 Å². The summed E-state index contributed by atoms with van der Waals surface area (Å²) >= 11 is 0. The molecule has 1 unspecified atom stereocenters. The van der Waals surface area contributed by atoms with E-state index in [0.29, 0.717) is 13.0 Å². The fourth-order valence-electron chi connectivity index (χ4n) is 2.15. The van der Waals surface area contributed by atoms with Crippen LogP contribution in [0, 0.1) is 0 Å². The number of carbonyl (C=O) groups excluding carboxylic acids is 2. The summed E-state index contributed by atoms with van der Waals surface area (Å²) < 4.78 is 4.99. The number of unbranched alkanes of at least 4 members (excludes halogenated alkanes) is 1. The van der Waals surface area contributed by atoms with Crippen molar-refractivity contribution in [3.63, 3.8) is 0 Å². The molecule has 0 aliphatic carbocycles. The van der Waals surface area contributed by atoms with Gasteiger partial charge in [0.15, 0.2) is 0 Å². The lowest BCUT2D eigenvalue weighted by Gasteiger charge is -2.23. The minimum absolute atomic E-state index is 0.0128. The van der Waals surface area contributed by atoms with E-state index >= 15 is 0 Å². The molecule has 0 spiro atoms. The van der Waals surface area contributed by atoms with Gasteiger partial charge in [0.2, 0.25) is 11.8 Å². The summed E-state index contributed by atoms with van der Waals surface area (Å²) in [6.07, 6.45) is 3.90. The van der Waals surface area contributed by atoms with E-state index in [9.17, 15) is 9.59 Å². The largest absolute Gasteiger partial charge is 0.385 e. The van der Waals surface area contributed by atoms with Crippen LogP contribution in [0.15, 0.2) is 0 Å². The zero-order chi connectivity index (χ0) is 13.4. The number of hydrogen-bond donors (Lipinski definition) is 1. The van der Waals surface area contributed by atoms with Gasteiger partial charge in [0.05, 0.1) is 0 Å². The molecule has 0 radical (unpaired) electrons. The van der Waals surface area contributed by atoms with E-state index in [1.54, 1.807) is 7.11 Å². The minimum atomic E-state index is -0.326. The summed E-state index contributed by atoms with van der Waals surface area (Å²) in [4.78, 5) is 25.6. The van der Waals surface area contributed by atoms with Crippen LogP contribution < -0.4 is 5.32 Å². The van der Waals surface area contributed by atoms with Crippen LogP contribution in [0.4, 0.5) is 0 Å². The molecular weight excluding hydrogens is 232 g/mol. The van der Waals surface area contributed by atoms with E-state index in [1.165, 1.54) is 0 Å². The van der Waals surface area contributed by atoms with Gasteiger partial charge < -0.3 is 15.0 Å². The molecule has 1 aliphatic heterocycles. The maximum atomic E-state index is 12.2. The SMILES string of the molecule is CCCC1NC(=O)CCN(CCCCOC)C1=O. The van der Waals surface area contributed by atoms with E-state index in [0.717, 1.165) is 38.8 Å². The summed E-state index contributed by atoms with van der Waals surface area (Å²) in [5.41, 5.74) is 0. The first kappa shape index (κ1) is 15.0. The Kier molecular flexibility index (Phi) is 6.72. The lowest BCUT2D eigenvalue weighted by Crippen LogP contribution is -2.44. The predicted molar refractivity (Wildman–Crippen MR) is 69.1 cm³/mol. The van der Waals surface area contributed by atoms with Gasteiger partial charge in [-0.1, -0.05) is 13.3 Å². The highest BCUT2D eigenvalue weighted by Crippen LogP contribution is 2.09. The molecule has 1 heterocycles. The molecule has 0 saturated carbocycles. The van der Waals surface area contributed by atoms with Crippen LogP contribution in [0.1, 0.15) is 39.0 Å². The third-order valence-electron chi connectivity index (χ3n) is 3.16. The Hall–Kier alpha value is -1.10. The van der Waals surface area contributed by atoms with Crippen LogP contribution in [-0.2, 0) is 14.3 Å². The Bertz CT molecular complexity index is 281. The maximum absolute atomic E-state index is 12.2. The number of carbonyl (C=O) groups is 2. The van der Waals surface area contributed by atoms with Gasteiger partial charge in [-0.05, 0) is 19.3 Å². The van der Waals surface area contributed by atoms with Crippen molar-refractivity contribution >= 4 is 11.8 Å². The topological polar surface area (TPSA) is 58.6 Å². The van der Waals surface area contributed by atoms with Crippen molar-refractivity contribution in [1.82, 2.24) is 10.2 Å². The second-order valence-electron chi connectivity index (χ2n) is 4.68. The zero-order valence-corrected chi connectivity index (χ0v) is 11.4. The van der Waals surface area contributed by atoms with Crippen molar-refractivity contribution < 1.29 is 14.3 Å². The number of ether oxygens (including phenoxy) is 1. The average Bonchev–Trinajstić information content (AvgIpc) is 2.48. The van der Waals surface area contributed by atoms with E-state index in [2.05, 4.69) is 5.32 Å². The van der Waals surface area contributed by atoms with Gasteiger partial charge in [-0.2, -0.15) is 0 Å². The van der Waals surface area contributed by atoms with Crippen molar-refractivity contribution in [3.05, 3.63) is 0 Å². The van der Waals surface area contributed by atoms with Crippen LogP contribution in [0.2, 0.25) is 0 Å². The lowest BCUT2D eigenvalue weighted by molar-refractivity contribution is -0.133. The number of hydrogen-bond acceptors (Lipinski definition) is 3. The van der Waals surface area contributed by atoms with E-state index < -0.39 is 0 Å². The number of nitrogens with zero attached hydrogens (tertiary/aromatic N) is 1. The van der Waals surface area contributed by atoms with Gasteiger partial charge in [0.1, 0.15) is 6.04 Å². The number of methoxy groups -OCH3 is 1.